The van der Waals surface area contributed by atoms with Gasteiger partial charge >= 0.3 is 0 Å². The first-order chi connectivity index (χ1) is 7.31. The fourth-order valence-corrected chi connectivity index (χ4v) is 2.09. The van der Waals surface area contributed by atoms with Gasteiger partial charge in [-0.15, -0.1) is 0 Å². The fraction of sp³-hybridized carbons (Fsp3) is 0.636. The number of likely N-dealkylation sites (tertiary alicyclic amines) is 1. The number of hydrogen-bond donors (Lipinski definition) is 1. The molecule has 2 atom stereocenters. The van der Waals surface area contributed by atoms with Crippen LogP contribution in [0.4, 0.5) is 0 Å². The number of aromatic nitrogens is 2. The summed E-state index contributed by atoms with van der Waals surface area (Å²) in [5, 5.41) is 3.32. The van der Waals surface area contributed by atoms with Crippen molar-refractivity contribution >= 4 is 0 Å². The Morgan fingerprint density at radius 2 is 2.40 bits per heavy atom. The Balaban J connectivity index is 2.00. The van der Waals surface area contributed by atoms with Gasteiger partial charge in [-0.05, 0) is 20.4 Å². The van der Waals surface area contributed by atoms with Gasteiger partial charge in [-0.3, -0.25) is 14.9 Å². The van der Waals surface area contributed by atoms with Crippen molar-refractivity contribution in [1.29, 1.82) is 0 Å². The van der Waals surface area contributed by atoms with Crippen LogP contribution in [0.3, 0.4) is 0 Å². The van der Waals surface area contributed by atoms with Crippen LogP contribution >= 0.6 is 0 Å². The summed E-state index contributed by atoms with van der Waals surface area (Å²) in [7, 11) is 2.03. The van der Waals surface area contributed by atoms with E-state index in [0.29, 0.717) is 12.1 Å². The van der Waals surface area contributed by atoms with Crippen molar-refractivity contribution in [1.82, 2.24) is 20.2 Å². The van der Waals surface area contributed by atoms with Crippen LogP contribution in [0.1, 0.15) is 25.1 Å². The summed E-state index contributed by atoms with van der Waals surface area (Å²) in [6.07, 6.45) is 6.56. The van der Waals surface area contributed by atoms with Gasteiger partial charge in [0.25, 0.3) is 0 Å². The first-order valence-electron chi connectivity index (χ1n) is 5.48. The van der Waals surface area contributed by atoms with E-state index >= 15 is 0 Å². The third-order valence-corrected chi connectivity index (χ3v) is 3.19. The van der Waals surface area contributed by atoms with E-state index < -0.39 is 0 Å². The van der Waals surface area contributed by atoms with E-state index in [0.717, 1.165) is 18.8 Å². The summed E-state index contributed by atoms with van der Waals surface area (Å²) in [6.45, 7) is 4.44. The highest BCUT2D eigenvalue weighted by Crippen LogP contribution is 2.22. The highest BCUT2D eigenvalue weighted by molar-refractivity contribution is 5.02. The molecule has 1 fully saturated rings. The Labute approximate surface area is 90.7 Å². The van der Waals surface area contributed by atoms with Gasteiger partial charge in [-0.2, -0.15) is 0 Å². The molecular formula is C11H18N4. The van der Waals surface area contributed by atoms with Crippen LogP contribution in [-0.2, 0) is 0 Å². The Bertz CT molecular complexity index is 301. The molecule has 1 aromatic heterocycles. The molecule has 2 unspecified atom stereocenters. The van der Waals surface area contributed by atoms with Crippen LogP contribution < -0.4 is 5.32 Å². The Morgan fingerprint density at radius 1 is 1.53 bits per heavy atom. The molecule has 4 heteroatoms. The van der Waals surface area contributed by atoms with Crippen molar-refractivity contribution in [2.45, 2.75) is 25.4 Å². The molecule has 0 aromatic carbocycles. The predicted octanol–water partition coefficient (Wildman–Crippen LogP) is 0.831. The van der Waals surface area contributed by atoms with Crippen LogP contribution in [0.5, 0.6) is 0 Å². The van der Waals surface area contributed by atoms with Crippen LogP contribution in [-0.4, -0.2) is 41.0 Å². The minimum atomic E-state index is 0.372. The van der Waals surface area contributed by atoms with E-state index in [1.165, 1.54) is 6.42 Å². The molecule has 2 heterocycles. The topological polar surface area (TPSA) is 41.0 Å². The van der Waals surface area contributed by atoms with Crippen LogP contribution in [0.15, 0.2) is 18.6 Å². The fourth-order valence-electron chi connectivity index (χ4n) is 2.09. The highest BCUT2D eigenvalue weighted by Gasteiger charge is 2.26. The lowest BCUT2D eigenvalue weighted by atomic mass is 10.2. The van der Waals surface area contributed by atoms with Gasteiger partial charge in [-0.25, -0.2) is 0 Å². The summed E-state index contributed by atoms with van der Waals surface area (Å²) >= 11 is 0. The zero-order valence-corrected chi connectivity index (χ0v) is 9.35. The molecule has 0 radical (unpaired) electrons. The Kier molecular flexibility index (Phi) is 3.28. The van der Waals surface area contributed by atoms with Gasteiger partial charge < -0.3 is 5.32 Å². The molecule has 2 rings (SSSR count). The van der Waals surface area contributed by atoms with Gasteiger partial charge in [0.05, 0.1) is 11.7 Å². The predicted molar refractivity (Wildman–Crippen MR) is 59.5 cm³/mol. The molecule has 1 N–H and O–H groups in total. The van der Waals surface area contributed by atoms with E-state index in [1.54, 1.807) is 12.4 Å². The standard InChI is InChI=1S/C11H18N4/c1-9(11-7-13-4-5-14-11)15-6-3-10(8-15)12-2/h4-5,7,9-10,12H,3,6,8H2,1-2H3. The summed E-state index contributed by atoms with van der Waals surface area (Å²) in [4.78, 5) is 10.9. The van der Waals surface area contributed by atoms with Crippen LogP contribution in [0.25, 0.3) is 0 Å². The summed E-state index contributed by atoms with van der Waals surface area (Å²) in [5.74, 6) is 0. The smallest absolute Gasteiger partial charge is 0.0755 e. The zero-order valence-electron chi connectivity index (χ0n) is 9.35. The third kappa shape index (κ3) is 2.33. The van der Waals surface area contributed by atoms with Crippen LogP contribution in [0, 0.1) is 0 Å². The molecule has 0 bridgehead atoms. The summed E-state index contributed by atoms with van der Waals surface area (Å²) in [6, 6.07) is 1.00. The summed E-state index contributed by atoms with van der Waals surface area (Å²) < 4.78 is 0. The molecule has 1 saturated heterocycles. The minimum Gasteiger partial charge on any atom is -0.316 e. The van der Waals surface area contributed by atoms with E-state index in [9.17, 15) is 0 Å². The van der Waals surface area contributed by atoms with Crippen molar-refractivity contribution in [2.24, 2.45) is 0 Å². The van der Waals surface area contributed by atoms with Crippen molar-refractivity contribution in [3.63, 3.8) is 0 Å². The molecule has 0 amide bonds. The lowest BCUT2D eigenvalue weighted by Gasteiger charge is -2.23. The SMILES string of the molecule is CNC1CCN(C(C)c2cnccn2)C1. The van der Waals surface area contributed by atoms with Crippen LogP contribution in [0.2, 0.25) is 0 Å². The van der Waals surface area contributed by atoms with Gasteiger partial charge in [-0.1, -0.05) is 0 Å². The normalized spacial score (nSPS) is 24.3. The summed E-state index contributed by atoms with van der Waals surface area (Å²) in [5.41, 5.74) is 1.06. The minimum absolute atomic E-state index is 0.372. The Hall–Kier alpha value is -1.00. The largest absolute Gasteiger partial charge is 0.316 e. The van der Waals surface area contributed by atoms with Crippen molar-refractivity contribution in [3.8, 4) is 0 Å². The van der Waals surface area contributed by atoms with Gasteiger partial charge in [0.15, 0.2) is 0 Å². The van der Waals surface area contributed by atoms with Gasteiger partial charge in [0, 0.05) is 37.7 Å². The van der Waals surface area contributed by atoms with E-state index in [-0.39, 0.29) is 0 Å². The van der Waals surface area contributed by atoms with Gasteiger partial charge in [0.2, 0.25) is 0 Å². The lowest BCUT2D eigenvalue weighted by Crippen LogP contribution is -2.31. The second-order valence-corrected chi connectivity index (χ2v) is 4.08. The zero-order chi connectivity index (χ0) is 10.7. The number of nitrogens with zero attached hydrogens (tertiary/aromatic N) is 3. The molecule has 1 aliphatic heterocycles. The average molecular weight is 206 g/mol. The van der Waals surface area contributed by atoms with E-state index in [4.69, 9.17) is 0 Å². The second-order valence-electron chi connectivity index (χ2n) is 4.08. The first kappa shape index (κ1) is 10.5. The lowest BCUT2D eigenvalue weighted by molar-refractivity contribution is 0.252. The monoisotopic (exact) mass is 206 g/mol. The highest BCUT2D eigenvalue weighted by atomic mass is 15.2. The number of hydrogen-bond acceptors (Lipinski definition) is 4. The molecule has 82 valence electrons. The molecule has 0 saturated carbocycles. The quantitative estimate of drug-likeness (QED) is 0.795. The van der Waals surface area contributed by atoms with Crippen molar-refractivity contribution < 1.29 is 0 Å². The van der Waals surface area contributed by atoms with Crippen molar-refractivity contribution in [3.05, 3.63) is 24.3 Å². The maximum atomic E-state index is 4.35. The van der Waals surface area contributed by atoms with Gasteiger partial charge in [0.1, 0.15) is 0 Å². The second kappa shape index (κ2) is 4.68. The molecule has 1 aliphatic rings. The average Bonchev–Trinajstić information content (AvgIpc) is 2.78. The molecule has 0 aliphatic carbocycles. The molecular weight excluding hydrogens is 188 g/mol. The number of nitrogens with one attached hydrogen (secondary N) is 1. The first-order valence-corrected chi connectivity index (χ1v) is 5.48. The molecule has 15 heavy (non-hydrogen) atoms. The van der Waals surface area contributed by atoms with Crippen molar-refractivity contribution in [2.75, 3.05) is 20.1 Å². The third-order valence-electron chi connectivity index (χ3n) is 3.19. The van der Waals surface area contributed by atoms with E-state index in [1.807, 2.05) is 13.2 Å². The molecule has 0 spiro atoms. The molecule has 1 aromatic rings. The number of rotatable bonds is 3. The number of likely N-dealkylation sites (N-methyl/N-ethyl adjacent to an activating group) is 1. The maximum Gasteiger partial charge on any atom is 0.0755 e. The van der Waals surface area contributed by atoms with E-state index in [2.05, 4.69) is 27.1 Å². The Morgan fingerprint density at radius 3 is 3.00 bits per heavy atom. The molecule has 4 nitrogen and oxygen atoms in total. The maximum absolute atomic E-state index is 4.35.